The molecule has 3 nitrogen and oxygen atoms in total. The first kappa shape index (κ1) is 16.4. The zero-order valence-electron chi connectivity index (χ0n) is 12.6. The lowest BCUT2D eigenvalue weighted by molar-refractivity contribution is 0.0834. The lowest BCUT2D eigenvalue weighted by Crippen LogP contribution is -2.39. The Labute approximate surface area is 136 Å². The Kier molecular flexibility index (Phi) is 6.28. The highest BCUT2D eigenvalue weighted by Crippen LogP contribution is 2.12. The molecule has 0 aliphatic carbocycles. The summed E-state index contributed by atoms with van der Waals surface area (Å²) in [6.45, 7) is 2.67. The Bertz CT molecular complexity index is 574. The summed E-state index contributed by atoms with van der Waals surface area (Å²) in [5.74, 6) is 0.368. The van der Waals surface area contributed by atoms with Gasteiger partial charge in [0.15, 0.2) is 0 Å². The molecule has 0 saturated carbocycles. The summed E-state index contributed by atoms with van der Waals surface area (Å²) >= 11 is 5.92. The maximum atomic E-state index is 12.4. The van der Waals surface area contributed by atoms with Crippen LogP contribution in [-0.4, -0.2) is 22.9 Å². The summed E-state index contributed by atoms with van der Waals surface area (Å²) < 4.78 is 5.41. The molecule has 0 aliphatic rings. The second kappa shape index (κ2) is 8.44. The number of halogens is 1. The van der Waals surface area contributed by atoms with E-state index in [2.05, 4.69) is 0 Å². The fraction of sp³-hybridized carbons (Fsp3) is 0.278. The zero-order chi connectivity index (χ0) is 15.8. The standard InChI is InChI=1S/C18H20ClNO2/c1-15(12-19)20(13-16-8-4-2-5-9-16)18(21)22-14-17-10-6-3-7-11-17/h2-11,15H,12-14H2,1H3. The first-order valence-corrected chi connectivity index (χ1v) is 7.81. The minimum atomic E-state index is -0.346. The quantitative estimate of drug-likeness (QED) is 0.736. The molecule has 22 heavy (non-hydrogen) atoms. The number of carbonyl (C=O) groups excluding carboxylic acids is 1. The zero-order valence-corrected chi connectivity index (χ0v) is 13.4. The van der Waals surface area contributed by atoms with Gasteiger partial charge in [0.1, 0.15) is 6.61 Å². The molecular weight excluding hydrogens is 298 g/mol. The molecule has 116 valence electrons. The predicted molar refractivity (Wildman–Crippen MR) is 88.8 cm³/mol. The summed E-state index contributed by atoms with van der Waals surface area (Å²) in [6.07, 6.45) is -0.346. The van der Waals surface area contributed by atoms with Crippen molar-refractivity contribution in [3.05, 3.63) is 71.8 Å². The molecule has 1 unspecified atom stereocenters. The van der Waals surface area contributed by atoms with Gasteiger partial charge < -0.3 is 4.74 Å². The fourth-order valence-electron chi connectivity index (χ4n) is 2.07. The van der Waals surface area contributed by atoms with E-state index >= 15 is 0 Å². The van der Waals surface area contributed by atoms with E-state index < -0.39 is 0 Å². The molecule has 2 rings (SSSR count). The van der Waals surface area contributed by atoms with Crippen LogP contribution >= 0.6 is 11.6 Å². The Morgan fingerprint density at radius 2 is 1.59 bits per heavy atom. The number of rotatable bonds is 6. The van der Waals surface area contributed by atoms with Crippen LogP contribution in [0.25, 0.3) is 0 Å². The van der Waals surface area contributed by atoms with Crippen LogP contribution in [-0.2, 0) is 17.9 Å². The summed E-state index contributed by atoms with van der Waals surface area (Å²) in [4.78, 5) is 14.0. The van der Waals surface area contributed by atoms with Crippen LogP contribution in [0, 0.1) is 0 Å². The van der Waals surface area contributed by atoms with Crippen LogP contribution in [0.3, 0.4) is 0 Å². The Morgan fingerprint density at radius 1 is 1.05 bits per heavy atom. The van der Waals surface area contributed by atoms with Crippen molar-refractivity contribution in [3.63, 3.8) is 0 Å². The molecule has 1 atom stereocenters. The van der Waals surface area contributed by atoms with Gasteiger partial charge in [-0.25, -0.2) is 4.79 Å². The third kappa shape index (κ3) is 4.78. The van der Waals surface area contributed by atoms with Gasteiger partial charge in [0, 0.05) is 18.5 Å². The summed E-state index contributed by atoms with van der Waals surface area (Å²) in [7, 11) is 0. The Balaban J connectivity index is 2.00. The van der Waals surface area contributed by atoms with Crippen molar-refractivity contribution in [2.24, 2.45) is 0 Å². The van der Waals surface area contributed by atoms with Gasteiger partial charge in [-0.2, -0.15) is 0 Å². The second-order valence-electron chi connectivity index (χ2n) is 5.16. The van der Waals surface area contributed by atoms with Gasteiger partial charge in [-0.3, -0.25) is 4.90 Å². The molecule has 0 N–H and O–H groups in total. The third-order valence-corrected chi connectivity index (χ3v) is 3.84. The topological polar surface area (TPSA) is 29.5 Å². The maximum Gasteiger partial charge on any atom is 0.410 e. The van der Waals surface area contributed by atoms with E-state index in [0.29, 0.717) is 12.4 Å². The average Bonchev–Trinajstić information content (AvgIpc) is 2.58. The number of carbonyl (C=O) groups is 1. The van der Waals surface area contributed by atoms with Crippen LogP contribution in [0.4, 0.5) is 4.79 Å². The highest BCUT2D eigenvalue weighted by atomic mass is 35.5. The third-order valence-electron chi connectivity index (χ3n) is 3.39. The molecular formula is C18H20ClNO2. The van der Waals surface area contributed by atoms with Crippen LogP contribution in [0.1, 0.15) is 18.1 Å². The predicted octanol–water partition coefficient (Wildman–Crippen LogP) is 4.45. The van der Waals surface area contributed by atoms with Gasteiger partial charge in [-0.1, -0.05) is 60.7 Å². The number of amides is 1. The molecule has 0 radical (unpaired) electrons. The van der Waals surface area contributed by atoms with Gasteiger partial charge in [0.2, 0.25) is 0 Å². The maximum absolute atomic E-state index is 12.4. The lowest BCUT2D eigenvalue weighted by atomic mass is 10.2. The largest absolute Gasteiger partial charge is 0.445 e. The number of benzene rings is 2. The van der Waals surface area contributed by atoms with E-state index in [1.807, 2.05) is 67.6 Å². The number of nitrogens with zero attached hydrogens (tertiary/aromatic N) is 1. The highest BCUT2D eigenvalue weighted by molar-refractivity contribution is 6.18. The van der Waals surface area contributed by atoms with E-state index in [1.54, 1.807) is 4.90 Å². The van der Waals surface area contributed by atoms with Gasteiger partial charge in [0.25, 0.3) is 0 Å². The molecule has 1 amide bonds. The molecule has 4 heteroatoms. The molecule has 0 fully saturated rings. The van der Waals surface area contributed by atoms with Gasteiger partial charge in [-0.05, 0) is 18.1 Å². The normalized spacial score (nSPS) is 11.7. The fourth-order valence-corrected chi connectivity index (χ4v) is 2.23. The van der Waals surface area contributed by atoms with E-state index in [0.717, 1.165) is 11.1 Å². The minimum Gasteiger partial charge on any atom is -0.445 e. The Morgan fingerprint density at radius 3 is 2.14 bits per heavy atom. The number of hydrogen-bond donors (Lipinski definition) is 0. The van der Waals surface area contributed by atoms with Crippen molar-refractivity contribution >= 4 is 17.7 Å². The molecule has 0 bridgehead atoms. The van der Waals surface area contributed by atoms with Crippen LogP contribution in [0.2, 0.25) is 0 Å². The van der Waals surface area contributed by atoms with E-state index in [4.69, 9.17) is 16.3 Å². The van der Waals surface area contributed by atoms with Gasteiger partial charge in [0.05, 0.1) is 0 Å². The summed E-state index contributed by atoms with van der Waals surface area (Å²) in [6, 6.07) is 19.4. The molecule has 2 aromatic rings. The van der Waals surface area contributed by atoms with Crippen molar-refractivity contribution < 1.29 is 9.53 Å². The molecule has 0 saturated heterocycles. The van der Waals surface area contributed by atoms with E-state index in [1.165, 1.54) is 0 Å². The van der Waals surface area contributed by atoms with Crippen molar-refractivity contribution in [3.8, 4) is 0 Å². The average molecular weight is 318 g/mol. The van der Waals surface area contributed by atoms with Crippen molar-refractivity contribution in [2.75, 3.05) is 5.88 Å². The SMILES string of the molecule is CC(CCl)N(Cc1ccccc1)C(=O)OCc1ccccc1. The Hall–Kier alpha value is -2.00. The molecule has 2 aromatic carbocycles. The summed E-state index contributed by atoms with van der Waals surface area (Å²) in [5.41, 5.74) is 2.02. The van der Waals surface area contributed by atoms with Crippen molar-refractivity contribution in [1.29, 1.82) is 0 Å². The van der Waals surface area contributed by atoms with Gasteiger partial charge >= 0.3 is 6.09 Å². The summed E-state index contributed by atoms with van der Waals surface area (Å²) in [5, 5.41) is 0. The van der Waals surface area contributed by atoms with Crippen molar-refractivity contribution in [2.45, 2.75) is 26.1 Å². The lowest BCUT2D eigenvalue weighted by Gasteiger charge is -2.27. The number of hydrogen-bond acceptors (Lipinski definition) is 2. The van der Waals surface area contributed by atoms with E-state index in [-0.39, 0.29) is 18.7 Å². The molecule has 0 spiro atoms. The number of alkyl halides is 1. The molecule has 0 heterocycles. The first-order chi connectivity index (χ1) is 10.7. The molecule has 0 aliphatic heterocycles. The minimum absolute atomic E-state index is 0.0925. The van der Waals surface area contributed by atoms with Crippen LogP contribution in [0.5, 0.6) is 0 Å². The monoisotopic (exact) mass is 317 g/mol. The highest BCUT2D eigenvalue weighted by Gasteiger charge is 2.21. The molecule has 0 aromatic heterocycles. The van der Waals surface area contributed by atoms with Crippen molar-refractivity contribution in [1.82, 2.24) is 4.90 Å². The van der Waals surface area contributed by atoms with Crippen LogP contribution in [0.15, 0.2) is 60.7 Å². The van der Waals surface area contributed by atoms with Gasteiger partial charge in [-0.15, -0.1) is 11.6 Å². The van der Waals surface area contributed by atoms with Crippen LogP contribution < -0.4 is 0 Å². The number of ether oxygens (including phenoxy) is 1. The smallest absolute Gasteiger partial charge is 0.410 e. The second-order valence-corrected chi connectivity index (χ2v) is 5.47. The first-order valence-electron chi connectivity index (χ1n) is 7.28. The van der Waals surface area contributed by atoms with E-state index in [9.17, 15) is 4.79 Å².